The number of benzene rings is 4. The van der Waals surface area contributed by atoms with Crippen molar-refractivity contribution in [2.75, 3.05) is 6.79 Å². The summed E-state index contributed by atoms with van der Waals surface area (Å²) in [4.78, 5) is 24.7. The molecular formula is C31H21Cl4NO8S. The van der Waals surface area contributed by atoms with Crippen LogP contribution in [0.15, 0.2) is 71.6 Å². The molecule has 9 nitrogen and oxygen atoms in total. The van der Waals surface area contributed by atoms with Crippen LogP contribution in [0.1, 0.15) is 38.5 Å². The predicted molar refractivity (Wildman–Crippen MR) is 168 cm³/mol. The van der Waals surface area contributed by atoms with Gasteiger partial charge in [0.1, 0.15) is 17.3 Å². The summed E-state index contributed by atoms with van der Waals surface area (Å²) in [6, 6.07) is 16.9. The molecule has 0 fully saturated rings. The van der Waals surface area contributed by atoms with Crippen molar-refractivity contribution in [3.8, 4) is 17.2 Å². The summed E-state index contributed by atoms with van der Waals surface area (Å²) in [7, 11) is -4.57. The number of aromatic carboxylic acids is 1. The Morgan fingerprint density at radius 2 is 1.58 bits per heavy atom. The molecule has 4 aromatic rings. The van der Waals surface area contributed by atoms with Gasteiger partial charge in [-0.2, -0.15) is 0 Å². The maximum Gasteiger partial charge on any atom is 0.335 e. The van der Waals surface area contributed by atoms with Gasteiger partial charge in [-0.15, -0.1) is 0 Å². The van der Waals surface area contributed by atoms with Crippen molar-refractivity contribution in [2.45, 2.75) is 23.8 Å². The second-order valence-electron chi connectivity index (χ2n) is 10.3. The molecule has 2 unspecified atom stereocenters. The van der Waals surface area contributed by atoms with Crippen LogP contribution < -0.4 is 18.9 Å². The molecule has 0 saturated heterocycles. The van der Waals surface area contributed by atoms with E-state index in [0.29, 0.717) is 43.4 Å². The molecule has 14 heteroatoms. The number of carbonyl (C=O) groups excluding carboxylic acids is 1. The van der Waals surface area contributed by atoms with Gasteiger partial charge in [-0.25, -0.2) is 17.9 Å². The second kappa shape index (κ2) is 12.3. The van der Waals surface area contributed by atoms with Crippen LogP contribution in [0, 0.1) is 5.92 Å². The zero-order chi connectivity index (χ0) is 32.0. The quantitative estimate of drug-likeness (QED) is 0.198. The molecular weight excluding hydrogens is 688 g/mol. The standard InChI is InChI=1S/C31H21Cl4NO8S/c32-22-2-1-3-23(33)21(22)13-42-17-5-6-18-16(8-17)9-20(29(18)19-11-26-27(12-25(19)35)44-14-43-26)30(37)36-45(40,41)28-10-15(31(38)39)4-7-24(28)34/h1-8,10-12,20,29H,9,13-14H2,(H,36,37)(H,38,39). The molecule has 0 radical (unpaired) electrons. The van der Waals surface area contributed by atoms with E-state index < -0.39 is 38.6 Å². The largest absolute Gasteiger partial charge is 0.489 e. The fourth-order valence-corrected chi connectivity index (χ4v) is 7.79. The zero-order valence-corrected chi connectivity index (χ0v) is 26.7. The van der Waals surface area contributed by atoms with Gasteiger partial charge in [0.05, 0.1) is 16.5 Å². The summed E-state index contributed by atoms with van der Waals surface area (Å²) < 4.78 is 45.8. The third-order valence-electron chi connectivity index (χ3n) is 7.60. The van der Waals surface area contributed by atoms with Crippen LogP contribution in [0.4, 0.5) is 0 Å². The number of sulfonamides is 1. The maximum absolute atomic E-state index is 13.8. The molecule has 6 rings (SSSR count). The van der Waals surface area contributed by atoms with E-state index in [9.17, 15) is 23.1 Å². The Morgan fingerprint density at radius 3 is 2.29 bits per heavy atom. The predicted octanol–water partition coefficient (Wildman–Crippen LogP) is 7.12. The van der Waals surface area contributed by atoms with Crippen LogP contribution in [0.3, 0.4) is 0 Å². The summed E-state index contributed by atoms with van der Waals surface area (Å²) in [5.74, 6) is -2.48. The summed E-state index contributed by atoms with van der Waals surface area (Å²) >= 11 is 25.4. The van der Waals surface area contributed by atoms with Gasteiger partial charge in [-0.3, -0.25) is 4.79 Å². The number of hydrogen-bond donors (Lipinski definition) is 2. The van der Waals surface area contributed by atoms with Crippen LogP contribution in [0.2, 0.25) is 20.1 Å². The van der Waals surface area contributed by atoms with Crippen molar-refractivity contribution in [2.24, 2.45) is 5.92 Å². The van der Waals surface area contributed by atoms with Gasteiger partial charge >= 0.3 is 5.97 Å². The van der Waals surface area contributed by atoms with Gasteiger partial charge < -0.3 is 19.3 Å². The molecule has 232 valence electrons. The van der Waals surface area contributed by atoms with E-state index in [4.69, 9.17) is 60.6 Å². The second-order valence-corrected chi connectivity index (χ2v) is 13.6. The molecule has 0 saturated carbocycles. The Hall–Kier alpha value is -3.67. The number of rotatable bonds is 8. The number of nitrogens with one attached hydrogen (secondary N) is 1. The molecule has 1 aliphatic heterocycles. The van der Waals surface area contributed by atoms with Crippen molar-refractivity contribution in [3.05, 3.63) is 115 Å². The topological polar surface area (TPSA) is 128 Å². The first-order valence-electron chi connectivity index (χ1n) is 13.3. The zero-order valence-electron chi connectivity index (χ0n) is 22.9. The Kier molecular flexibility index (Phi) is 8.53. The smallest absolute Gasteiger partial charge is 0.335 e. The van der Waals surface area contributed by atoms with Gasteiger partial charge in [0, 0.05) is 32.6 Å². The van der Waals surface area contributed by atoms with Crippen LogP contribution in [-0.4, -0.2) is 32.2 Å². The van der Waals surface area contributed by atoms with Crippen LogP contribution in [-0.2, 0) is 27.8 Å². The van der Waals surface area contributed by atoms with Gasteiger partial charge in [-0.05, 0) is 71.6 Å². The average Bonchev–Trinajstić information content (AvgIpc) is 3.60. The lowest BCUT2D eigenvalue weighted by Gasteiger charge is -2.22. The minimum Gasteiger partial charge on any atom is -0.489 e. The highest BCUT2D eigenvalue weighted by molar-refractivity contribution is 7.90. The van der Waals surface area contributed by atoms with Crippen LogP contribution in [0.5, 0.6) is 17.2 Å². The first-order chi connectivity index (χ1) is 21.4. The highest BCUT2D eigenvalue weighted by Crippen LogP contribution is 2.49. The van der Waals surface area contributed by atoms with Crippen molar-refractivity contribution >= 4 is 68.3 Å². The molecule has 1 aliphatic carbocycles. The molecule has 0 bridgehead atoms. The number of carboxylic acids is 1. The van der Waals surface area contributed by atoms with E-state index >= 15 is 0 Å². The summed E-state index contributed by atoms with van der Waals surface area (Å²) in [5, 5.41) is 10.3. The first-order valence-corrected chi connectivity index (χ1v) is 16.3. The maximum atomic E-state index is 13.8. The number of carboxylic acid groups (broad SMARTS) is 1. The number of fused-ring (bicyclic) bond motifs is 2. The molecule has 45 heavy (non-hydrogen) atoms. The van der Waals surface area contributed by atoms with Crippen LogP contribution in [0.25, 0.3) is 0 Å². The van der Waals surface area contributed by atoms with Crippen molar-refractivity contribution in [1.82, 2.24) is 4.72 Å². The fourth-order valence-electron chi connectivity index (χ4n) is 5.45. The van der Waals surface area contributed by atoms with Gasteiger partial charge in [0.2, 0.25) is 12.7 Å². The Morgan fingerprint density at radius 1 is 0.867 bits per heavy atom. The normalized spacial score (nSPS) is 16.7. The van der Waals surface area contributed by atoms with E-state index in [2.05, 4.69) is 4.72 Å². The fraction of sp³-hybridized carbons (Fsp3) is 0.161. The highest BCUT2D eigenvalue weighted by atomic mass is 35.5. The van der Waals surface area contributed by atoms with E-state index in [-0.39, 0.29) is 30.4 Å². The molecule has 1 amide bonds. The Balaban J connectivity index is 1.35. The highest BCUT2D eigenvalue weighted by Gasteiger charge is 2.42. The third kappa shape index (κ3) is 6.13. The lowest BCUT2D eigenvalue weighted by molar-refractivity contribution is -0.123. The van der Waals surface area contributed by atoms with Crippen molar-refractivity contribution in [3.63, 3.8) is 0 Å². The Bertz CT molecular complexity index is 1960. The van der Waals surface area contributed by atoms with Gasteiger partial charge in [0.15, 0.2) is 11.5 Å². The van der Waals surface area contributed by atoms with Crippen molar-refractivity contribution in [1.29, 1.82) is 0 Å². The molecule has 2 N–H and O–H groups in total. The van der Waals surface area contributed by atoms with Crippen molar-refractivity contribution < 1.29 is 37.3 Å². The summed E-state index contributed by atoms with van der Waals surface area (Å²) in [5.41, 5.74) is 2.28. The monoisotopic (exact) mass is 707 g/mol. The lowest BCUT2D eigenvalue weighted by Crippen LogP contribution is -2.37. The minimum atomic E-state index is -4.57. The van der Waals surface area contributed by atoms with Gasteiger partial charge in [-0.1, -0.05) is 58.5 Å². The number of amides is 1. The molecule has 2 atom stereocenters. The number of carbonyl (C=O) groups is 2. The summed E-state index contributed by atoms with van der Waals surface area (Å²) in [6.45, 7) is 0.0951. The van der Waals surface area contributed by atoms with E-state index in [1.807, 2.05) is 0 Å². The molecule has 1 heterocycles. The average molecular weight is 709 g/mol. The third-order valence-corrected chi connectivity index (χ3v) is 10.5. The Labute approximate surface area is 277 Å². The van der Waals surface area contributed by atoms with Gasteiger partial charge in [0.25, 0.3) is 10.0 Å². The van der Waals surface area contributed by atoms with E-state index in [1.165, 1.54) is 0 Å². The lowest BCUT2D eigenvalue weighted by atomic mass is 9.85. The molecule has 4 aromatic carbocycles. The van der Waals surface area contributed by atoms with E-state index in [1.54, 1.807) is 48.5 Å². The number of ether oxygens (including phenoxy) is 3. The van der Waals surface area contributed by atoms with E-state index in [0.717, 1.165) is 29.3 Å². The minimum absolute atomic E-state index is 0.00480. The first kappa shape index (κ1) is 31.3. The molecule has 0 spiro atoms. The molecule has 2 aliphatic rings. The number of hydrogen-bond acceptors (Lipinski definition) is 7. The molecule has 0 aromatic heterocycles. The number of halogens is 4. The SMILES string of the molecule is O=C(O)c1ccc(Cl)c(S(=O)(=O)NC(=O)C2Cc3cc(OCc4c(Cl)cccc4Cl)ccc3C2c2cc3c(cc2Cl)OCO3)c1. The van der Waals surface area contributed by atoms with Crippen LogP contribution >= 0.6 is 46.4 Å². The summed E-state index contributed by atoms with van der Waals surface area (Å²) in [6.07, 6.45) is 0.124.